The van der Waals surface area contributed by atoms with Crippen LogP contribution in [-0.2, 0) is 4.79 Å². The Morgan fingerprint density at radius 1 is 1.24 bits per heavy atom. The van der Waals surface area contributed by atoms with Crippen LogP contribution < -0.4 is 10.1 Å². The van der Waals surface area contributed by atoms with Crippen molar-refractivity contribution in [1.82, 2.24) is 25.2 Å². The lowest BCUT2D eigenvalue weighted by atomic mass is 10.0. The molecule has 2 amide bonds. The number of piperidine rings is 1. The number of ether oxygens (including phenoxy) is 1. The summed E-state index contributed by atoms with van der Waals surface area (Å²) in [5.74, 6) is -0.375. The van der Waals surface area contributed by atoms with Crippen LogP contribution in [0.1, 0.15) is 40.9 Å². The zero-order valence-electron chi connectivity index (χ0n) is 20.8. The fraction of sp³-hybridized carbons (Fsp3) is 0.462. The van der Waals surface area contributed by atoms with Crippen molar-refractivity contribution >= 4 is 22.8 Å². The molecule has 0 bridgehead atoms. The number of fused-ring (bicyclic) bond motifs is 1. The van der Waals surface area contributed by atoms with E-state index < -0.39 is 30.6 Å². The Morgan fingerprint density at radius 2 is 2.03 bits per heavy atom. The number of nitrogens with zero attached hydrogens (tertiary/aromatic N) is 3. The number of benzene rings is 1. The lowest BCUT2D eigenvalue weighted by Gasteiger charge is -2.36. The van der Waals surface area contributed by atoms with Crippen molar-refractivity contribution in [3.05, 3.63) is 41.1 Å². The lowest BCUT2D eigenvalue weighted by molar-refractivity contribution is -0.137. The molecule has 2 aliphatic rings. The Morgan fingerprint density at radius 3 is 2.73 bits per heavy atom. The van der Waals surface area contributed by atoms with Gasteiger partial charge in [0.05, 0.1) is 29.8 Å². The molecule has 11 heteroatoms. The second-order valence-electron chi connectivity index (χ2n) is 9.86. The SMILES string of the molecule is Cc1cc(-c2ncnc3c(C(=O)N[C@@H]4CCN(C(=O)CO)C[C@@H]4O)c(C)[nH]c23)c(OCC2CC2)cc1F. The minimum atomic E-state index is -0.975. The van der Waals surface area contributed by atoms with Crippen LogP contribution in [0.25, 0.3) is 22.3 Å². The van der Waals surface area contributed by atoms with Crippen molar-refractivity contribution in [2.75, 3.05) is 26.3 Å². The minimum absolute atomic E-state index is 0.0249. The van der Waals surface area contributed by atoms with Crippen molar-refractivity contribution in [3.8, 4) is 17.0 Å². The summed E-state index contributed by atoms with van der Waals surface area (Å²) < 4.78 is 20.4. The molecule has 4 N–H and O–H groups in total. The van der Waals surface area contributed by atoms with E-state index in [0.717, 1.165) is 12.8 Å². The molecule has 3 aromatic rings. The highest BCUT2D eigenvalue weighted by molar-refractivity contribution is 6.09. The third-order valence-corrected chi connectivity index (χ3v) is 7.07. The Balaban J connectivity index is 1.44. The predicted octanol–water partition coefficient (Wildman–Crippen LogP) is 1.85. The molecule has 1 saturated carbocycles. The van der Waals surface area contributed by atoms with Crippen molar-refractivity contribution < 1.29 is 28.9 Å². The Hall–Kier alpha value is -3.57. The van der Waals surface area contributed by atoms with Gasteiger partial charge in [-0.15, -0.1) is 0 Å². The molecule has 2 fully saturated rings. The third-order valence-electron chi connectivity index (χ3n) is 7.07. The van der Waals surface area contributed by atoms with Crippen LogP contribution in [0.15, 0.2) is 18.5 Å². The van der Waals surface area contributed by atoms with Crippen LogP contribution in [0.2, 0.25) is 0 Å². The van der Waals surface area contributed by atoms with Gasteiger partial charge in [0.1, 0.15) is 35.7 Å². The molecule has 2 aromatic heterocycles. The molecule has 1 aromatic carbocycles. The van der Waals surface area contributed by atoms with Gasteiger partial charge in [0.2, 0.25) is 5.91 Å². The molecule has 0 unspecified atom stereocenters. The van der Waals surface area contributed by atoms with Gasteiger partial charge in [-0.05, 0) is 50.7 Å². The monoisotopic (exact) mass is 511 g/mol. The average Bonchev–Trinajstić information content (AvgIpc) is 3.64. The smallest absolute Gasteiger partial charge is 0.255 e. The quantitative estimate of drug-likeness (QED) is 0.379. The van der Waals surface area contributed by atoms with Crippen LogP contribution >= 0.6 is 0 Å². The van der Waals surface area contributed by atoms with E-state index in [1.807, 2.05) is 0 Å². The number of rotatable bonds is 7. The van der Waals surface area contributed by atoms with Gasteiger partial charge in [-0.1, -0.05) is 0 Å². The van der Waals surface area contributed by atoms with Crippen LogP contribution in [0.5, 0.6) is 5.75 Å². The predicted molar refractivity (Wildman–Crippen MR) is 133 cm³/mol. The highest BCUT2D eigenvalue weighted by atomic mass is 19.1. The Labute approximate surface area is 212 Å². The van der Waals surface area contributed by atoms with Crippen LogP contribution in [0.4, 0.5) is 4.39 Å². The normalized spacial score (nSPS) is 19.8. The fourth-order valence-corrected chi connectivity index (χ4v) is 4.73. The number of nitrogens with one attached hydrogen (secondary N) is 2. The first-order valence-corrected chi connectivity index (χ1v) is 12.4. The molecule has 1 aliphatic carbocycles. The molecule has 5 rings (SSSR count). The van der Waals surface area contributed by atoms with Gasteiger partial charge < -0.3 is 30.2 Å². The maximum atomic E-state index is 14.4. The number of aliphatic hydroxyl groups is 2. The summed E-state index contributed by atoms with van der Waals surface area (Å²) in [5.41, 5.74) is 3.36. The standard InChI is InChI=1S/C26H30FN5O5/c1-13-7-16(20(8-17(13)27)37-11-15-3-4-15)23-25-24(29-12-28-23)22(14(2)30-25)26(36)31-18-5-6-32(9-19(18)34)21(35)10-33/h7-8,12,15,18-19,30,33-34H,3-6,9-11H2,1-2H3,(H,31,36)/t18-,19+/m1/s1. The summed E-state index contributed by atoms with van der Waals surface area (Å²) in [4.78, 5) is 38.5. The number of likely N-dealkylation sites (tertiary alicyclic amines) is 1. The first-order chi connectivity index (χ1) is 17.8. The molecular weight excluding hydrogens is 481 g/mol. The number of carbonyl (C=O) groups is 2. The van der Waals surface area contributed by atoms with E-state index in [1.165, 1.54) is 17.3 Å². The molecule has 2 atom stereocenters. The largest absolute Gasteiger partial charge is 0.492 e. The number of hydrogen-bond donors (Lipinski definition) is 4. The summed E-state index contributed by atoms with van der Waals surface area (Å²) in [5, 5.41) is 22.4. The fourth-order valence-electron chi connectivity index (χ4n) is 4.73. The van der Waals surface area contributed by atoms with E-state index in [4.69, 9.17) is 9.84 Å². The summed E-state index contributed by atoms with van der Waals surface area (Å²) >= 11 is 0. The van der Waals surface area contributed by atoms with Gasteiger partial charge in [-0.25, -0.2) is 14.4 Å². The van der Waals surface area contributed by atoms with Gasteiger partial charge in [0.15, 0.2) is 0 Å². The maximum Gasteiger partial charge on any atom is 0.255 e. The minimum Gasteiger partial charge on any atom is -0.492 e. The zero-order chi connectivity index (χ0) is 26.3. The molecular formula is C26H30FN5O5. The molecule has 37 heavy (non-hydrogen) atoms. The Kier molecular flexibility index (Phi) is 6.82. The molecule has 3 heterocycles. The average molecular weight is 512 g/mol. The van der Waals surface area contributed by atoms with Crippen LogP contribution in [0, 0.1) is 25.6 Å². The van der Waals surface area contributed by atoms with E-state index >= 15 is 0 Å². The number of halogens is 1. The number of aliphatic hydroxyl groups excluding tert-OH is 2. The molecule has 1 saturated heterocycles. The number of aryl methyl sites for hydroxylation is 2. The molecule has 10 nitrogen and oxygen atoms in total. The van der Waals surface area contributed by atoms with E-state index in [2.05, 4.69) is 20.3 Å². The van der Waals surface area contributed by atoms with Crippen molar-refractivity contribution in [2.24, 2.45) is 5.92 Å². The van der Waals surface area contributed by atoms with Gasteiger partial charge in [0.25, 0.3) is 5.91 Å². The van der Waals surface area contributed by atoms with Crippen molar-refractivity contribution in [1.29, 1.82) is 0 Å². The molecule has 0 radical (unpaired) electrons. The number of hydrogen-bond acceptors (Lipinski definition) is 7. The van der Waals surface area contributed by atoms with E-state index in [9.17, 15) is 19.1 Å². The van der Waals surface area contributed by atoms with E-state index in [1.54, 1.807) is 19.9 Å². The third kappa shape index (κ3) is 5.01. The lowest BCUT2D eigenvalue weighted by Crippen LogP contribution is -2.55. The van der Waals surface area contributed by atoms with Crippen LogP contribution in [-0.4, -0.2) is 80.3 Å². The summed E-state index contributed by atoms with van der Waals surface area (Å²) in [6.07, 6.45) is 2.93. The zero-order valence-corrected chi connectivity index (χ0v) is 20.8. The van der Waals surface area contributed by atoms with Crippen molar-refractivity contribution in [2.45, 2.75) is 45.3 Å². The summed E-state index contributed by atoms with van der Waals surface area (Å²) in [7, 11) is 0. The number of aromatic amines is 1. The van der Waals surface area contributed by atoms with E-state index in [0.29, 0.717) is 70.4 Å². The number of H-pyrrole nitrogens is 1. The van der Waals surface area contributed by atoms with Gasteiger partial charge in [-0.2, -0.15) is 0 Å². The molecule has 1 aliphatic heterocycles. The second-order valence-corrected chi connectivity index (χ2v) is 9.86. The number of amides is 2. The van der Waals surface area contributed by atoms with Gasteiger partial charge >= 0.3 is 0 Å². The van der Waals surface area contributed by atoms with E-state index in [-0.39, 0.29) is 12.4 Å². The Bertz CT molecular complexity index is 1350. The highest BCUT2D eigenvalue weighted by Crippen LogP contribution is 2.37. The van der Waals surface area contributed by atoms with Gasteiger partial charge in [-0.3, -0.25) is 9.59 Å². The first kappa shape index (κ1) is 25.1. The maximum absolute atomic E-state index is 14.4. The topological polar surface area (TPSA) is 141 Å². The van der Waals surface area contributed by atoms with Crippen molar-refractivity contribution in [3.63, 3.8) is 0 Å². The summed E-state index contributed by atoms with van der Waals surface area (Å²) in [6, 6.07) is 2.50. The second kappa shape index (κ2) is 10.1. The first-order valence-electron chi connectivity index (χ1n) is 12.4. The highest BCUT2D eigenvalue weighted by Gasteiger charge is 2.32. The molecule has 196 valence electrons. The number of carbonyl (C=O) groups excluding carboxylic acids is 2. The summed E-state index contributed by atoms with van der Waals surface area (Å²) in [6.45, 7) is 3.64. The van der Waals surface area contributed by atoms with Crippen LogP contribution in [0.3, 0.4) is 0 Å². The van der Waals surface area contributed by atoms with Gasteiger partial charge in [0, 0.05) is 30.4 Å². The number of β-amino-alcohol motifs (C(OH)–C–C–N with tert-alkyl or cyclic N) is 1. The molecule has 0 spiro atoms. The number of aromatic nitrogens is 3.